The van der Waals surface area contributed by atoms with Crippen molar-refractivity contribution in [3.8, 4) is 67.9 Å². The second-order valence-electron chi connectivity index (χ2n) is 23.4. The topological polar surface area (TPSA) is 47.9 Å². The summed E-state index contributed by atoms with van der Waals surface area (Å²) in [6.45, 7) is 0. The Kier molecular flexibility index (Phi) is 7.29. The molecule has 7 saturated carbocycles. The average molecular weight is 892 g/mol. The molecular formula is C65H53N3O. The third-order valence-electron chi connectivity index (χ3n) is 20.9. The first-order valence-electron chi connectivity index (χ1n) is 26.2. The van der Waals surface area contributed by atoms with E-state index in [1.807, 2.05) is 0 Å². The lowest BCUT2D eigenvalue weighted by molar-refractivity contribution is -0.175. The highest BCUT2D eigenvalue weighted by Gasteiger charge is 2.77. The highest BCUT2D eigenvalue weighted by molar-refractivity contribution is 5.90. The molecular weight excluding hydrogens is 839 g/mol. The summed E-state index contributed by atoms with van der Waals surface area (Å²) in [4.78, 5) is 16.2. The summed E-state index contributed by atoms with van der Waals surface area (Å²) in [6.07, 6.45) is 14.1. The van der Waals surface area contributed by atoms with Crippen LogP contribution in [0.15, 0.2) is 164 Å². The number of nitrogens with zero attached hydrogens (tertiary/aromatic N) is 3. The predicted molar refractivity (Wildman–Crippen MR) is 272 cm³/mol. The molecule has 0 radical (unpaired) electrons. The summed E-state index contributed by atoms with van der Waals surface area (Å²) in [5.41, 5.74) is 16.6. The lowest BCUT2D eigenvalue weighted by atomic mass is 9.38. The minimum atomic E-state index is -0.508. The highest BCUT2D eigenvalue weighted by atomic mass is 16.5. The molecule has 17 rings (SSSR count). The van der Waals surface area contributed by atoms with Gasteiger partial charge < -0.3 is 4.74 Å². The predicted octanol–water partition coefficient (Wildman–Crippen LogP) is 15.2. The van der Waals surface area contributed by atoms with Crippen LogP contribution in [0.2, 0.25) is 0 Å². The summed E-state index contributed by atoms with van der Waals surface area (Å²) in [7, 11) is 0. The number of aromatic nitrogens is 3. The lowest BCUT2D eigenvalue weighted by Gasteiger charge is -2.66. The molecule has 9 atom stereocenters. The minimum absolute atomic E-state index is 0.355. The van der Waals surface area contributed by atoms with Gasteiger partial charge in [0.2, 0.25) is 0 Å². The summed E-state index contributed by atoms with van der Waals surface area (Å²) in [5.74, 6) is 9.65. The molecule has 1 aliphatic heterocycles. The minimum Gasteiger partial charge on any atom is -0.457 e. The summed E-state index contributed by atoms with van der Waals surface area (Å²) < 4.78 is 6.98. The van der Waals surface area contributed by atoms with E-state index < -0.39 is 5.41 Å². The largest absolute Gasteiger partial charge is 0.457 e. The lowest BCUT2D eigenvalue weighted by Crippen LogP contribution is -2.59. The fraction of sp³-hybridized carbons (Fsp3) is 0.308. The van der Waals surface area contributed by atoms with E-state index in [0.29, 0.717) is 22.1 Å². The number of hydrogen-bond donors (Lipinski definition) is 0. The second kappa shape index (κ2) is 13.2. The molecule has 4 bridgehead atoms. The van der Waals surface area contributed by atoms with Crippen molar-refractivity contribution in [1.29, 1.82) is 0 Å². The summed E-state index contributed by atoms with van der Waals surface area (Å²) in [5, 5.41) is 0. The zero-order valence-corrected chi connectivity index (χ0v) is 38.9. The zero-order chi connectivity index (χ0) is 44.8. The first kappa shape index (κ1) is 38.2. The Morgan fingerprint density at radius 3 is 1.54 bits per heavy atom. The number of para-hydroxylation sites is 1. The van der Waals surface area contributed by atoms with Gasteiger partial charge in [0.05, 0.1) is 5.41 Å². The number of fused-ring (bicyclic) bond motifs is 11. The van der Waals surface area contributed by atoms with Crippen molar-refractivity contribution in [3.63, 3.8) is 0 Å². The Balaban J connectivity index is 0.791. The molecule has 0 amide bonds. The third kappa shape index (κ3) is 4.79. The number of benzene rings is 7. The van der Waals surface area contributed by atoms with E-state index in [4.69, 9.17) is 19.7 Å². The van der Waals surface area contributed by atoms with Crippen molar-refractivity contribution in [3.05, 3.63) is 197 Å². The van der Waals surface area contributed by atoms with Crippen molar-refractivity contribution < 1.29 is 4.74 Å². The van der Waals surface area contributed by atoms with E-state index in [0.717, 1.165) is 92.0 Å². The van der Waals surface area contributed by atoms with Crippen LogP contribution < -0.4 is 4.74 Å². The van der Waals surface area contributed by atoms with Gasteiger partial charge in [0.15, 0.2) is 17.5 Å². The van der Waals surface area contributed by atoms with Gasteiger partial charge >= 0.3 is 0 Å². The Hall–Kier alpha value is -6.65. The van der Waals surface area contributed by atoms with Crippen LogP contribution in [-0.2, 0) is 16.2 Å². The quantitative estimate of drug-likeness (QED) is 0.167. The molecule has 8 aliphatic carbocycles. The molecule has 2 spiro atoms. The van der Waals surface area contributed by atoms with E-state index >= 15 is 0 Å². The molecule has 4 nitrogen and oxygen atoms in total. The van der Waals surface area contributed by atoms with Crippen molar-refractivity contribution in [2.75, 3.05) is 0 Å². The van der Waals surface area contributed by atoms with Crippen LogP contribution in [0.3, 0.4) is 0 Å². The van der Waals surface area contributed by atoms with E-state index in [1.54, 1.807) is 0 Å². The van der Waals surface area contributed by atoms with Crippen LogP contribution in [0.25, 0.3) is 56.4 Å². The van der Waals surface area contributed by atoms with Crippen molar-refractivity contribution in [1.82, 2.24) is 15.0 Å². The van der Waals surface area contributed by atoms with Crippen LogP contribution in [-0.4, -0.2) is 15.0 Å². The zero-order valence-electron chi connectivity index (χ0n) is 38.9. The smallest absolute Gasteiger partial charge is 0.164 e. The molecule has 69 heavy (non-hydrogen) atoms. The van der Waals surface area contributed by atoms with Crippen LogP contribution >= 0.6 is 0 Å². The van der Waals surface area contributed by atoms with Gasteiger partial charge in [-0.1, -0.05) is 152 Å². The number of rotatable bonds is 6. The van der Waals surface area contributed by atoms with Gasteiger partial charge in [0.25, 0.3) is 0 Å². The molecule has 9 aliphatic rings. The van der Waals surface area contributed by atoms with Gasteiger partial charge in [-0.15, -0.1) is 0 Å². The van der Waals surface area contributed by atoms with Crippen LogP contribution in [0.1, 0.15) is 97.6 Å². The maximum absolute atomic E-state index is 6.98. The van der Waals surface area contributed by atoms with Crippen molar-refractivity contribution >= 4 is 0 Å². The molecule has 8 aromatic rings. The highest BCUT2D eigenvalue weighted by Crippen LogP contribution is 2.84. The molecule has 6 unspecified atom stereocenters. The Labute approximate surface area is 404 Å². The summed E-state index contributed by atoms with van der Waals surface area (Å²) in [6, 6.07) is 60.9. The fourth-order valence-electron chi connectivity index (χ4n) is 18.2. The number of hydrogen-bond acceptors (Lipinski definition) is 4. The van der Waals surface area contributed by atoms with Gasteiger partial charge in [0, 0.05) is 27.8 Å². The van der Waals surface area contributed by atoms with Gasteiger partial charge in [0.1, 0.15) is 11.5 Å². The molecule has 7 aromatic carbocycles. The maximum Gasteiger partial charge on any atom is 0.164 e. The number of ether oxygens (including phenoxy) is 1. The molecule has 334 valence electrons. The van der Waals surface area contributed by atoms with Crippen LogP contribution in [0.5, 0.6) is 11.5 Å². The van der Waals surface area contributed by atoms with Gasteiger partial charge in [-0.05, 0) is 173 Å². The molecule has 1 aromatic heterocycles. The van der Waals surface area contributed by atoms with E-state index in [2.05, 4.69) is 164 Å². The fourth-order valence-corrected chi connectivity index (χ4v) is 18.2. The molecule has 4 heteroatoms. The normalized spacial score (nSPS) is 31.0. The third-order valence-corrected chi connectivity index (χ3v) is 20.9. The van der Waals surface area contributed by atoms with E-state index in [1.165, 1.54) is 103 Å². The Morgan fingerprint density at radius 2 is 0.928 bits per heavy atom. The van der Waals surface area contributed by atoms with Crippen molar-refractivity contribution in [2.24, 2.45) is 40.9 Å². The van der Waals surface area contributed by atoms with Crippen LogP contribution in [0, 0.1) is 40.9 Å². The van der Waals surface area contributed by atoms with Gasteiger partial charge in [-0.3, -0.25) is 0 Å². The molecule has 0 saturated heterocycles. The molecule has 2 heterocycles. The monoisotopic (exact) mass is 891 g/mol. The summed E-state index contributed by atoms with van der Waals surface area (Å²) >= 11 is 0. The first-order chi connectivity index (χ1) is 34.0. The first-order valence-corrected chi connectivity index (χ1v) is 26.2. The van der Waals surface area contributed by atoms with E-state index in [9.17, 15) is 0 Å². The second-order valence-corrected chi connectivity index (χ2v) is 23.4. The molecule has 7 fully saturated rings. The average Bonchev–Trinajstić information content (AvgIpc) is 4.22. The van der Waals surface area contributed by atoms with Crippen molar-refractivity contribution in [2.45, 2.75) is 80.5 Å². The Morgan fingerprint density at radius 1 is 0.406 bits per heavy atom. The van der Waals surface area contributed by atoms with Crippen LogP contribution in [0.4, 0.5) is 0 Å². The standard InChI is InChI=1S/C65H53N3O/c1-2-12-51(48(9-1)40-23-28-56-58(29-40)69-57-16-8-7-15-55(57)65(56)53-13-5-3-10-49(53)50-11-4-6-14-54(50)65)61-67-59(38-19-24-43(25-20-38)62-32-41-17-18-42(33-62)52(41)36-62)66-60(68-61)39-21-26-44(27-22-39)63-34-46-30-45-31-47(35-63)64(45,46)37-63/h1-16,19-29,41-42,45-47,52H,17-18,30-37H2/t41-,42?,45?,46-,47+,52?,62?,63?,64?/m0/s1. The van der Waals surface area contributed by atoms with Gasteiger partial charge in [-0.25, -0.2) is 15.0 Å². The van der Waals surface area contributed by atoms with Gasteiger partial charge in [-0.2, -0.15) is 0 Å². The SMILES string of the molecule is c1ccc2c(c1)Oc1cc(-c3ccccc3-c3nc(-c4ccc(C56CC7CC[C@@H](C5)C7C6)cc4)nc(-c4ccc(C56C[C@H]7CC8C[C@@H](C5)C87C6)cc4)n3)ccc1C21c2ccccc2-c2ccccc21. The van der Waals surface area contributed by atoms with E-state index in [-0.39, 0.29) is 0 Å². The Bertz CT molecular complexity index is 3430. The maximum atomic E-state index is 6.98. The molecule has 0 N–H and O–H groups in total.